The Hall–Kier alpha value is -3.13. The van der Waals surface area contributed by atoms with Crippen molar-refractivity contribution in [3.8, 4) is 5.75 Å². The highest BCUT2D eigenvalue weighted by Crippen LogP contribution is 2.33. The zero-order chi connectivity index (χ0) is 19.6. The van der Waals surface area contributed by atoms with Crippen molar-refractivity contribution in [2.24, 2.45) is 0 Å². The maximum atomic E-state index is 11.4. The van der Waals surface area contributed by atoms with E-state index in [4.69, 9.17) is 16.3 Å². The summed E-state index contributed by atoms with van der Waals surface area (Å²) < 4.78 is 5.15. The third-order valence-corrected chi connectivity index (χ3v) is 4.38. The first kappa shape index (κ1) is 18.7. The Balaban J connectivity index is 1.96. The van der Waals surface area contributed by atoms with Gasteiger partial charge in [0.25, 0.3) is 5.69 Å². The number of methoxy groups -OCH3 is 1. The Morgan fingerprint density at radius 2 is 2.04 bits per heavy atom. The summed E-state index contributed by atoms with van der Waals surface area (Å²) in [5.41, 5.74) is 2.03. The molecule has 0 atom stereocenters. The van der Waals surface area contributed by atoms with Crippen LogP contribution in [0.4, 0.5) is 17.2 Å². The number of nitro benzene ring substituents is 1. The van der Waals surface area contributed by atoms with Gasteiger partial charge in [0.1, 0.15) is 23.6 Å². The molecule has 0 amide bonds. The van der Waals surface area contributed by atoms with Gasteiger partial charge in [0.2, 0.25) is 0 Å². The molecule has 0 radical (unpaired) electrons. The van der Waals surface area contributed by atoms with Crippen molar-refractivity contribution in [3.05, 3.63) is 57.4 Å². The summed E-state index contributed by atoms with van der Waals surface area (Å²) in [6, 6.07) is 8.64. The van der Waals surface area contributed by atoms with Crippen LogP contribution in [0.2, 0.25) is 5.02 Å². The highest BCUT2D eigenvalue weighted by Gasteiger charge is 2.19. The number of hydrogen-bond acceptors (Lipinski definition) is 7. The minimum atomic E-state index is -0.408. The van der Waals surface area contributed by atoms with Crippen LogP contribution in [-0.2, 0) is 6.54 Å². The summed E-state index contributed by atoms with van der Waals surface area (Å²) in [5.74, 6) is 1.11. The fourth-order valence-electron chi connectivity index (χ4n) is 2.73. The van der Waals surface area contributed by atoms with Crippen LogP contribution < -0.4 is 15.0 Å². The number of aromatic nitrogens is 2. The van der Waals surface area contributed by atoms with Crippen molar-refractivity contribution in [3.63, 3.8) is 0 Å². The smallest absolute Gasteiger partial charge is 0.293 e. The molecule has 0 aliphatic carbocycles. The fraction of sp³-hybridized carbons (Fsp3) is 0.222. The standard InChI is InChI=1S/C18H18ClN5O3/c1-23(2)15-8-14-12(7-16(15)24(25)26)18(22-10-21-14)20-9-11-4-5-17(27-3)13(19)6-11/h4-8,10H,9H2,1-3H3,(H,20,21,22). The number of fused-ring (bicyclic) bond motifs is 1. The number of anilines is 2. The van der Waals surface area contributed by atoms with Crippen LogP contribution in [-0.4, -0.2) is 36.1 Å². The summed E-state index contributed by atoms with van der Waals surface area (Å²) in [4.78, 5) is 21.2. The molecule has 27 heavy (non-hydrogen) atoms. The van der Waals surface area contributed by atoms with Gasteiger partial charge in [-0.3, -0.25) is 10.1 Å². The highest BCUT2D eigenvalue weighted by molar-refractivity contribution is 6.32. The van der Waals surface area contributed by atoms with Crippen molar-refractivity contribution in [2.75, 3.05) is 31.4 Å². The summed E-state index contributed by atoms with van der Waals surface area (Å²) in [6.07, 6.45) is 1.43. The Morgan fingerprint density at radius 1 is 1.26 bits per heavy atom. The van der Waals surface area contributed by atoms with Gasteiger partial charge in [0.15, 0.2) is 0 Å². The highest BCUT2D eigenvalue weighted by atomic mass is 35.5. The molecule has 2 aromatic carbocycles. The van der Waals surface area contributed by atoms with Crippen LogP contribution in [0.25, 0.3) is 10.9 Å². The summed E-state index contributed by atoms with van der Waals surface area (Å²) in [7, 11) is 5.06. The molecule has 1 N–H and O–H groups in total. The van der Waals surface area contributed by atoms with Gasteiger partial charge in [-0.1, -0.05) is 17.7 Å². The molecule has 0 saturated heterocycles. The van der Waals surface area contributed by atoms with Crippen LogP contribution in [0, 0.1) is 10.1 Å². The Bertz CT molecular complexity index is 1010. The van der Waals surface area contributed by atoms with Crippen molar-refractivity contribution in [1.82, 2.24) is 9.97 Å². The molecular weight excluding hydrogens is 370 g/mol. The average Bonchev–Trinajstić information content (AvgIpc) is 2.65. The molecule has 8 nitrogen and oxygen atoms in total. The van der Waals surface area contributed by atoms with Crippen molar-refractivity contribution < 1.29 is 9.66 Å². The second-order valence-corrected chi connectivity index (χ2v) is 6.46. The number of rotatable bonds is 6. The van der Waals surface area contributed by atoms with Crippen LogP contribution >= 0.6 is 11.6 Å². The van der Waals surface area contributed by atoms with E-state index in [1.54, 1.807) is 44.3 Å². The predicted octanol–water partition coefficient (Wildman–Crippen LogP) is 3.88. The first-order valence-electron chi connectivity index (χ1n) is 8.07. The van der Waals surface area contributed by atoms with E-state index in [0.717, 1.165) is 5.56 Å². The van der Waals surface area contributed by atoms with Crippen molar-refractivity contribution >= 4 is 39.7 Å². The quantitative estimate of drug-likeness (QED) is 0.506. The molecule has 0 saturated carbocycles. The SMILES string of the molecule is COc1ccc(CNc2ncnc3cc(N(C)C)c([N+](=O)[O-])cc23)cc1Cl. The molecule has 0 fully saturated rings. The van der Waals surface area contributed by atoms with Gasteiger partial charge in [-0.05, 0) is 23.8 Å². The number of nitro groups is 1. The van der Waals surface area contributed by atoms with Gasteiger partial charge in [-0.2, -0.15) is 0 Å². The maximum absolute atomic E-state index is 11.4. The molecule has 140 valence electrons. The van der Waals surface area contributed by atoms with Gasteiger partial charge >= 0.3 is 0 Å². The summed E-state index contributed by atoms with van der Waals surface area (Å²) >= 11 is 6.15. The number of benzene rings is 2. The van der Waals surface area contributed by atoms with E-state index in [1.165, 1.54) is 12.4 Å². The van der Waals surface area contributed by atoms with Crippen molar-refractivity contribution in [1.29, 1.82) is 0 Å². The second-order valence-electron chi connectivity index (χ2n) is 6.05. The molecule has 0 spiro atoms. The number of ether oxygens (including phenoxy) is 1. The zero-order valence-electron chi connectivity index (χ0n) is 15.1. The molecule has 9 heteroatoms. The van der Waals surface area contributed by atoms with E-state index < -0.39 is 4.92 Å². The Labute approximate surface area is 160 Å². The summed E-state index contributed by atoms with van der Waals surface area (Å²) in [6.45, 7) is 0.444. The molecule has 1 aromatic heterocycles. The van der Waals surface area contributed by atoms with E-state index in [-0.39, 0.29) is 5.69 Å². The van der Waals surface area contributed by atoms with Gasteiger partial charge in [-0.15, -0.1) is 0 Å². The second kappa shape index (κ2) is 7.63. The van der Waals surface area contributed by atoms with Gasteiger partial charge in [0.05, 0.1) is 22.6 Å². The Morgan fingerprint density at radius 3 is 2.67 bits per heavy atom. The van der Waals surface area contributed by atoms with E-state index in [1.807, 2.05) is 6.07 Å². The lowest BCUT2D eigenvalue weighted by molar-refractivity contribution is -0.384. The normalized spacial score (nSPS) is 10.7. The lowest BCUT2D eigenvalue weighted by Crippen LogP contribution is -2.11. The first-order chi connectivity index (χ1) is 12.9. The fourth-order valence-corrected chi connectivity index (χ4v) is 3.01. The predicted molar refractivity (Wildman–Crippen MR) is 106 cm³/mol. The van der Waals surface area contributed by atoms with Crippen LogP contribution in [0.15, 0.2) is 36.7 Å². The van der Waals surface area contributed by atoms with Crippen molar-refractivity contribution in [2.45, 2.75) is 6.54 Å². The topological polar surface area (TPSA) is 93.4 Å². The molecule has 0 aliphatic rings. The Kier molecular flexibility index (Phi) is 5.27. The monoisotopic (exact) mass is 387 g/mol. The number of nitrogens with one attached hydrogen (secondary N) is 1. The summed E-state index contributed by atoms with van der Waals surface area (Å²) in [5, 5.41) is 15.7. The third-order valence-electron chi connectivity index (χ3n) is 4.09. The molecule has 0 unspecified atom stereocenters. The number of halogens is 1. The van der Waals surface area contributed by atoms with E-state index in [9.17, 15) is 10.1 Å². The third kappa shape index (κ3) is 3.85. The molecule has 3 aromatic rings. The number of nitrogens with zero attached hydrogens (tertiary/aromatic N) is 4. The van der Waals surface area contributed by atoms with E-state index in [0.29, 0.717) is 39.7 Å². The molecular formula is C18H18ClN5O3. The van der Waals surface area contributed by atoms with E-state index >= 15 is 0 Å². The lowest BCUT2D eigenvalue weighted by Gasteiger charge is -2.15. The van der Waals surface area contributed by atoms with Gasteiger partial charge in [0, 0.05) is 32.1 Å². The molecule has 1 heterocycles. The number of hydrogen-bond donors (Lipinski definition) is 1. The first-order valence-corrected chi connectivity index (χ1v) is 8.45. The lowest BCUT2D eigenvalue weighted by atomic mass is 10.1. The maximum Gasteiger partial charge on any atom is 0.293 e. The van der Waals surface area contributed by atoms with Crippen LogP contribution in [0.1, 0.15) is 5.56 Å². The molecule has 0 bridgehead atoms. The molecule has 0 aliphatic heterocycles. The van der Waals surface area contributed by atoms with Crippen LogP contribution in [0.3, 0.4) is 0 Å². The minimum Gasteiger partial charge on any atom is -0.495 e. The van der Waals surface area contributed by atoms with Crippen LogP contribution in [0.5, 0.6) is 5.75 Å². The molecule has 3 rings (SSSR count). The average molecular weight is 388 g/mol. The van der Waals surface area contributed by atoms with Gasteiger partial charge in [-0.25, -0.2) is 9.97 Å². The minimum absolute atomic E-state index is 0.00200. The largest absolute Gasteiger partial charge is 0.495 e. The van der Waals surface area contributed by atoms with Gasteiger partial charge < -0.3 is 15.0 Å². The van der Waals surface area contributed by atoms with E-state index in [2.05, 4.69) is 15.3 Å². The zero-order valence-corrected chi connectivity index (χ0v) is 15.8.